The van der Waals surface area contributed by atoms with Gasteiger partial charge >= 0.3 is 5.97 Å². The van der Waals surface area contributed by atoms with Gasteiger partial charge in [0.2, 0.25) is 0 Å². The Bertz CT molecular complexity index is 663. The molecule has 136 valence electrons. The van der Waals surface area contributed by atoms with Crippen LogP contribution in [-0.2, 0) is 23.9 Å². The summed E-state index contributed by atoms with van der Waals surface area (Å²) in [5.41, 5.74) is 0.202. The SMILES string of the molecule is C=C(C)C1CC(=O)CC2OC(C)(CC2=O)CC2C=C(C(=O)O2)C(O)C1. The monoisotopic (exact) mass is 348 g/mol. The van der Waals surface area contributed by atoms with Crippen molar-refractivity contribution in [3.8, 4) is 0 Å². The summed E-state index contributed by atoms with van der Waals surface area (Å²) < 4.78 is 11.2. The Morgan fingerprint density at radius 3 is 2.72 bits per heavy atom. The summed E-state index contributed by atoms with van der Waals surface area (Å²) in [6, 6.07) is 0. The number of allylic oxidation sites excluding steroid dienone is 1. The predicted octanol–water partition coefficient (Wildman–Crippen LogP) is 1.65. The van der Waals surface area contributed by atoms with E-state index in [4.69, 9.17) is 9.47 Å². The van der Waals surface area contributed by atoms with Gasteiger partial charge in [-0.05, 0) is 32.3 Å². The van der Waals surface area contributed by atoms with Gasteiger partial charge in [0.15, 0.2) is 5.78 Å². The molecule has 4 bridgehead atoms. The van der Waals surface area contributed by atoms with Crippen LogP contribution in [0.1, 0.15) is 46.0 Å². The van der Waals surface area contributed by atoms with Gasteiger partial charge in [-0.1, -0.05) is 12.2 Å². The van der Waals surface area contributed by atoms with Gasteiger partial charge < -0.3 is 14.6 Å². The van der Waals surface area contributed by atoms with Crippen molar-refractivity contribution in [1.82, 2.24) is 0 Å². The maximum Gasteiger partial charge on any atom is 0.337 e. The molecule has 3 aliphatic rings. The second-order valence-corrected chi connectivity index (χ2v) is 7.71. The van der Waals surface area contributed by atoms with Crippen molar-refractivity contribution in [1.29, 1.82) is 0 Å². The number of Topliss-reactive ketones (excluding diaryl/α,β-unsaturated/α-hetero) is 2. The first-order valence-corrected chi connectivity index (χ1v) is 8.65. The molecule has 3 rings (SSSR count). The maximum absolute atomic E-state index is 12.4. The van der Waals surface area contributed by atoms with Gasteiger partial charge in [0.1, 0.15) is 18.0 Å². The van der Waals surface area contributed by atoms with Crippen LogP contribution in [-0.4, -0.2) is 46.6 Å². The van der Waals surface area contributed by atoms with E-state index in [2.05, 4.69) is 6.58 Å². The van der Waals surface area contributed by atoms with Crippen LogP contribution in [0.3, 0.4) is 0 Å². The topological polar surface area (TPSA) is 89.9 Å². The number of hydrogen-bond acceptors (Lipinski definition) is 6. The van der Waals surface area contributed by atoms with Gasteiger partial charge in [-0.25, -0.2) is 4.79 Å². The maximum atomic E-state index is 12.4. The zero-order valence-corrected chi connectivity index (χ0v) is 14.6. The second-order valence-electron chi connectivity index (χ2n) is 7.71. The lowest BCUT2D eigenvalue weighted by Gasteiger charge is -2.26. The summed E-state index contributed by atoms with van der Waals surface area (Å²) in [4.78, 5) is 36.8. The number of ketones is 2. The molecule has 25 heavy (non-hydrogen) atoms. The Kier molecular flexibility index (Phi) is 4.68. The highest BCUT2D eigenvalue weighted by Crippen LogP contribution is 2.37. The van der Waals surface area contributed by atoms with Gasteiger partial charge in [0.25, 0.3) is 0 Å². The highest BCUT2D eigenvalue weighted by Gasteiger charge is 2.46. The minimum Gasteiger partial charge on any atom is -0.455 e. The van der Waals surface area contributed by atoms with Crippen molar-refractivity contribution in [3.05, 3.63) is 23.8 Å². The largest absolute Gasteiger partial charge is 0.455 e. The van der Waals surface area contributed by atoms with Crippen LogP contribution in [0.4, 0.5) is 0 Å². The minimum absolute atomic E-state index is 0.0407. The van der Waals surface area contributed by atoms with Crippen LogP contribution in [0.15, 0.2) is 23.8 Å². The molecule has 0 radical (unpaired) electrons. The molecule has 3 aliphatic heterocycles. The summed E-state index contributed by atoms with van der Waals surface area (Å²) in [7, 11) is 0. The van der Waals surface area contributed by atoms with Gasteiger partial charge in [-0.3, -0.25) is 9.59 Å². The Hall–Kier alpha value is -1.79. The number of aliphatic hydroxyl groups excluding tert-OH is 1. The van der Waals surface area contributed by atoms with Crippen molar-refractivity contribution in [2.75, 3.05) is 0 Å². The lowest BCUT2D eigenvalue weighted by atomic mass is 9.86. The predicted molar refractivity (Wildman–Crippen MR) is 88.7 cm³/mol. The summed E-state index contributed by atoms with van der Waals surface area (Å²) in [6.07, 6.45) is 0.300. The summed E-state index contributed by atoms with van der Waals surface area (Å²) in [6.45, 7) is 7.48. The van der Waals surface area contributed by atoms with Crippen LogP contribution in [0.25, 0.3) is 0 Å². The first-order valence-electron chi connectivity index (χ1n) is 8.65. The van der Waals surface area contributed by atoms with Crippen molar-refractivity contribution < 1.29 is 29.0 Å². The van der Waals surface area contributed by atoms with Crippen LogP contribution >= 0.6 is 0 Å². The van der Waals surface area contributed by atoms with Crippen LogP contribution in [0, 0.1) is 5.92 Å². The smallest absolute Gasteiger partial charge is 0.337 e. The van der Waals surface area contributed by atoms with E-state index < -0.39 is 29.9 Å². The third kappa shape index (κ3) is 3.75. The lowest BCUT2D eigenvalue weighted by molar-refractivity contribution is -0.144. The van der Waals surface area contributed by atoms with E-state index >= 15 is 0 Å². The first-order chi connectivity index (χ1) is 11.7. The number of esters is 1. The van der Waals surface area contributed by atoms with Crippen molar-refractivity contribution in [2.24, 2.45) is 5.92 Å². The van der Waals surface area contributed by atoms with Gasteiger partial charge in [-0.15, -0.1) is 0 Å². The summed E-state index contributed by atoms with van der Waals surface area (Å²) in [5, 5.41) is 10.5. The van der Waals surface area contributed by atoms with E-state index in [0.29, 0.717) is 6.42 Å². The van der Waals surface area contributed by atoms with Gasteiger partial charge in [0.05, 0.1) is 17.3 Å². The van der Waals surface area contributed by atoms with Crippen molar-refractivity contribution in [2.45, 2.75) is 69.9 Å². The number of hydrogen-bond donors (Lipinski definition) is 1. The van der Waals surface area contributed by atoms with Crippen LogP contribution in [0.2, 0.25) is 0 Å². The standard InChI is InChI=1S/C19H24O6/c1-10(2)11-4-12(20)6-17-16(22)9-19(3,25-17)8-13-7-14(15(21)5-11)18(23)24-13/h7,11,13,15,17,21H,1,4-6,8-9H2,2-3H3. The van der Waals surface area contributed by atoms with E-state index in [1.807, 2.05) is 0 Å². The highest BCUT2D eigenvalue weighted by atomic mass is 16.6. The molecule has 6 nitrogen and oxygen atoms in total. The molecule has 0 aromatic heterocycles. The number of aliphatic hydroxyl groups is 1. The van der Waals surface area contributed by atoms with E-state index in [1.54, 1.807) is 19.9 Å². The van der Waals surface area contributed by atoms with E-state index in [9.17, 15) is 19.5 Å². The molecule has 0 aromatic rings. The summed E-state index contributed by atoms with van der Waals surface area (Å²) >= 11 is 0. The Labute approximate surface area is 146 Å². The Morgan fingerprint density at radius 2 is 2.04 bits per heavy atom. The number of rotatable bonds is 1. The number of ether oxygens (including phenoxy) is 2. The molecule has 1 saturated heterocycles. The summed E-state index contributed by atoms with van der Waals surface area (Å²) in [5.74, 6) is -0.998. The molecule has 5 atom stereocenters. The molecule has 5 unspecified atom stereocenters. The molecular formula is C19H24O6. The molecule has 1 fully saturated rings. The second kappa shape index (κ2) is 6.50. The molecule has 3 heterocycles. The molecule has 0 saturated carbocycles. The number of carbonyl (C=O) groups is 3. The molecule has 0 aromatic carbocycles. The lowest BCUT2D eigenvalue weighted by Crippen LogP contribution is -2.31. The Morgan fingerprint density at radius 1 is 1.32 bits per heavy atom. The van der Waals surface area contributed by atoms with Crippen LogP contribution < -0.4 is 0 Å². The quantitative estimate of drug-likeness (QED) is 0.572. The van der Waals surface area contributed by atoms with E-state index in [-0.39, 0.29) is 48.7 Å². The van der Waals surface area contributed by atoms with E-state index in [0.717, 1.165) is 5.57 Å². The average Bonchev–Trinajstić information content (AvgIpc) is 2.97. The molecule has 0 aliphatic carbocycles. The Balaban J connectivity index is 1.92. The van der Waals surface area contributed by atoms with Gasteiger partial charge in [0, 0.05) is 25.7 Å². The zero-order valence-electron chi connectivity index (χ0n) is 14.6. The molecule has 0 amide bonds. The minimum atomic E-state index is -1.000. The van der Waals surface area contributed by atoms with Crippen LogP contribution in [0.5, 0.6) is 0 Å². The fourth-order valence-electron chi connectivity index (χ4n) is 3.91. The van der Waals surface area contributed by atoms with Gasteiger partial charge in [-0.2, -0.15) is 0 Å². The molecular weight excluding hydrogens is 324 g/mol. The van der Waals surface area contributed by atoms with Crippen molar-refractivity contribution >= 4 is 17.5 Å². The number of fused-ring (bicyclic) bond motifs is 3. The van der Waals surface area contributed by atoms with Crippen molar-refractivity contribution in [3.63, 3.8) is 0 Å². The average molecular weight is 348 g/mol. The number of carbonyl (C=O) groups excluding carboxylic acids is 3. The zero-order chi connectivity index (χ0) is 18.4. The highest BCUT2D eigenvalue weighted by molar-refractivity contribution is 5.93. The molecule has 1 N–H and O–H groups in total. The third-order valence-corrected chi connectivity index (χ3v) is 5.28. The fraction of sp³-hybridized carbons (Fsp3) is 0.632. The fourth-order valence-corrected chi connectivity index (χ4v) is 3.91. The first kappa shape index (κ1) is 18.0. The van der Waals surface area contributed by atoms with E-state index in [1.165, 1.54) is 0 Å². The molecule has 0 spiro atoms. The molecule has 6 heteroatoms. The third-order valence-electron chi connectivity index (χ3n) is 5.28. The normalized spacial score (nSPS) is 39.2.